The Balaban J connectivity index is 2.72. The lowest BCUT2D eigenvalue weighted by Gasteiger charge is -2.10. The molecule has 0 aliphatic heterocycles. The van der Waals surface area contributed by atoms with E-state index in [4.69, 9.17) is 16.2 Å². The third kappa shape index (κ3) is 2.55. The lowest BCUT2D eigenvalue weighted by Crippen LogP contribution is -2.01. The normalized spacial score (nSPS) is 10.1. The van der Waals surface area contributed by atoms with Gasteiger partial charge in [0.25, 0.3) is 0 Å². The topological polar surface area (TPSA) is 61.3 Å². The van der Waals surface area contributed by atoms with Gasteiger partial charge in [0.05, 0.1) is 18.0 Å². The Morgan fingerprint density at radius 3 is 2.50 bits per heavy atom. The molecule has 0 atom stereocenters. The van der Waals surface area contributed by atoms with Crippen molar-refractivity contribution in [2.75, 3.05) is 18.1 Å². The van der Waals surface area contributed by atoms with Crippen molar-refractivity contribution in [3.63, 3.8) is 0 Å². The van der Waals surface area contributed by atoms with Crippen LogP contribution in [0.4, 0.5) is 11.4 Å². The smallest absolute Gasteiger partial charge is 0.124 e. The zero-order chi connectivity index (χ0) is 10.6. The van der Waals surface area contributed by atoms with Crippen LogP contribution in [0.25, 0.3) is 0 Å². The highest BCUT2D eigenvalue weighted by atomic mass is 16.5. The molecule has 1 aromatic rings. The first-order chi connectivity index (χ1) is 6.65. The second kappa shape index (κ2) is 4.74. The van der Waals surface area contributed by atoms with Gasteiger partial charge in [-0.3, -0.25) is 0 Å². The minimum Gasteiger partial charge on any atom is -0.493 e. The molecule has 1 aromatic carbocycles. The lowest BCUT2D eigenvalue weighted by molar-refractivity contribution is 0.307. The van der Waals surface area contributed by atoms with Crippen molar-refractivity contribution in [3.8, 4) is 5.75 Å². The summed E-state index contributed by atoms with van der Waals surface area (Å²) in [5.74, 6) is 0.838. The fraction of sp³-hybridized carbons (Fsp3) is 0.455. The molecule has 3 nitrogen and oxygen atoms in total. The van der Waals surface area contributed by atoms with Crippen LogP contribution in [0.3, 0.4) is 0 Å². The lowest BCUT2D eigenvalue weighted by atomic mass is 10.2. The Morgan fingerprint density at radius 2 is 1.86 bits per heavy atom. The summed E-state index contributed by atoms with van der Waals surface area (Å²) in [7, 11) is 0. The maximum Gasteiger partial charge on any atom is 0.124 e. The molecule has 0 aromatic heterocycles. The number of aryl methyl sites for hydroxylation is 1. The Labute approximate surface area is 85.0 Å². The predicted octanol–water partition coefficient (Wildman–Crippen LogP) is 2.34. The maximum atomic E-state index is 5.69. The SMILES string of the molecule is CCCCOc1cc(N)c(N)cc1C. The average Bonchev–Trinajstić information content (AvgIpc) is 2.14. The van der Waals surface area contributed by atoms with Gasteiger partial charge in [0.1, 0.15) is 5.75 Å². The molecule has 1 rings (SSSR count). The Bertz CT molecular complexity index is 310. The minimum atomic E-state index is 0.585. The molecule has 3 heteroatoms. The van der Waals surface area contributed by atoms with E-state index < -0.39 is 0 Å². The van der Waals surface area contributed by atoms with E-state index >= 15 is 0 Å². The minimum absolute atomic E-state index is 0.585. The van der Waals surface area contributed by atoms with E-state index in [1.54, 1.807) is 6.07 Å². The van der Waals surface area contributed by atoms with Crippen LogP contribution in [0.5, 0.6) is 5.75 Å². The second-order valence-electron chi connectivity index (χ2n) is 3.45. The van der Waals surface area contributed by atoms with E-state index in [1.807, 2.05) is 13.0 Å². The number of rotatable bonds is 4. The predicted molar refractivity (Wildman–Crippen MR) is 60.4 cm³/mol. The van der Waals surface area contributed by atoms with Gasteiger partial charge in [0, 0.05) is 6.07 Å². The van der Waals surface area contributed by atoms with E-state index in [9.17, 15) is 0 Å². The van der Waals surface area contributed by atoms with Gasteiger partial charge in [-0.05, 0) is 25.0 Å². The zero-order valence-electron chi connectivity index (χ0n) is 8.84. The van der Waals surface area contributed by atoms with Gasteiger partial charge < -0.3 is 16.2 Å². The van der Waals surface area contributed by atoms with Gasteiger partial charge in [-0.15, -0.1) is 0 Å². The molecule has 78 valence electrons. The summed E-state index contributed by atoms with van der Waals surface area (Å²) in [6.45, 7) is 4.84. The van der Waals surface area contributed by atoms with Crippen molar-refractivity contribution in [2.45, 2.75) is 26.7 Å². The molecular formula is C11H18N2O. The fourth-order valence-corrected chi connectivity index (χ4v) is 1.21. The van der Waals surface area contributed by atoms with Crippen LogP contribution in [-0.4, -0.2) is 6.61 Å². The van der Waals surface area contributed by atoms with Gasteiger partial charge in [-0.1, -0.05) is 13.3 Å². The monoisotopic (exact) mass is 194 g/mol. The van der Waals surface area contributed by atoms with E-state index in [0.29, 0.717) is 11.4 Å². The standard InChI is InChI=1S/C11H18N2O/c1-3-4-5-14-11-7-10(13)9(12)6-8(11)2/h6-7H,3-5,12-13H2,1-2H3. The Hall–Kier alpha value is -1.38. The number of nitrogens with two attached hydrogens (primary N) is 2. The van der Waals surface area contributed by atoms with Gasteiger partial charge in [-0.2, -0.15) is 0 Å². The fourth-order valence-electron chi connectivity index (χ4n) is 1.21. The number of unbranched alkanes of at least 4 members (excludes halogenated alkanes) is 1. The van der Waals surface area contributed by atoms with Crippen LogP contribution in [0.2, 0.25) is 0 Å². The van der Waals surface area contributed by atoms with Crippen molar-refractivity contribution in [3.05, 3.63) is 17.7 Å². The molecule has 0 aliphatic rings. The summed E-state index contributed by atoms with van der Waals surface area (Å²) in [6.07, 6.45) is 2.19. The van der Waals surface area contributed by atoms with Crippen molar-refractivity contribution in [1.82, 2.24) is 0 Å². The summed E-state index contributed by atoms with van der Waals surface area (Å²) in [5, 5.41) is 0. The molecule has 0 bridgehead atoms. The highest BCUT2D eigenvalue weighted by Crippen LogP contribution is 2.26. The molecule has 0 radical (unpaired) electrons. The number of hydrogen-bond donors (Lipinski definition) is 2. The van der Waals surface area contributed by atoms with Crippen LogP contribution in [-0.2, 0) is 0 Å². The van der Waals surface area contributed by atoms with Crippen LogP contribution in [0, 0.1) is 6.92 Å². The van der Waals surface area contributed by atoms with E-state index in [1.165, 1.54) is 0 Å². The second-order valence-corrected chi connectivity index (χ2v) is 3.45. The highest BCUT2D eigenvalue weighted by Gasteiger charge is 2.03. The molecule has 0 unspecified atom stereocenters. The number of hydrogen-bond acceptors (Lipinski definition) is 3. The zero-order valence-corrected chi connectivity index (χ0v) is 8.84. The van der Waals surface area contributed by atoms with Crippen LogP contribution in [0.1, 0.15) is 25.3 Å². The largest absolute Gasteiger partial charge is 0.493 e. The molecule has 14 heavy (non-hydrogen) atoms. The quantitative estimate of drug-likeness (QED) is 0.571. The number of anilines is 2. The van der Waals surface area contributed by atoms with Crippen molar-refractivity contribution in [1.29, 1.82) is 0 Å². The van der Waals surface area contributed by atoms with Crippen LogP contribution >= 0.6 is 0 Å². The summed E-state index contributed by atoms with van der Waals surface area (Å²) >= 11 is 0. The summed E-state index contributed by atoms with van der Waals surface area (Å²) in [6, 6.07) is 3.64. The Kier molecular flexibility index (Phi) is 3.63. The summed E-state index contributed by atoms with van der Waals surface area (Å²) in [5.41, 5.74) is 13.6. The highest BCUT2D eigenvalue weighted by molar-refractivity contribution is 5.67. The number of nitrogen functional groups attached to an aromatic ring is 2. The van der Waals surface area contributed by atoms with Crippen molar-refractivity contribution < 1.29 is 4.74 Å². The molecule has 0 fully saturated rings. The van der Waals surface area contributed by atoms with Gasteiger partial charge in [0.2, 0.25) is 0 Å². The van der Waals surface area contributed by atoms with E-state index in [0.717, 1.165) is 30.8 Å². The van der Waals surface area contributed by atoms with Crippen molar-refractivity contribution >= 4 is 11.4 Å². The molecule has 0 saturated heterocycles. The van der Waals surface area contributed by atoms with Crippen molar-refractivity contribution in [2.24, 2.45) is 0 Å². The number of ether oxygens (including phenoxy) is 1. The van der Waals surface area contributed by atoms with Gasteiger partial charge in [0.15, 0.2) is 0 Å². The molecule has 0 heterocycles. The van der Waals surface area contributed by atoms with E-state index in [-0.39, 0.29) is 0 Å². The van der Waals surface area contributed by atoms with Crippen LogP contribution < -0.4 is 16.2 Å². The summed E-state index contributed by atoms with van der Waals surface area (Å²) in [4.78, 5) is 0. The Morgan fingerprint density at radius 1 is 1.21 bits per heavy atom. The molecule has 4 N–H and O–H groups in total. The molecule has 0 spiro atoms. The average molecular weight is 194 g/mol. The summed E-state index contributed by atoms with van der Waals surface area (Å²) < 4.78 is 5.58. The molecular weight excluding hydrogens is 176 g/mol. The maximum absolute atomic E-state index is 5.69. The first-order valence-corrected chi connectivity index (χ1v) is 4.93. The van der Waals surface area contributed by atoms with Gasteiger partial charge in [-0.25, -0.2) is 0 Å². The third-order valence-electron chi connectivity index (χ3n) is 2.14. The first-order valence-electron chi connectivity index (χ1n) is 4.93. The molecule has 0 amide bonds. The number of benzene rings is 1. The third-order valence-corrected chi connectivity index (χ3v) is 2.14. The van der Waals surface area contributed by atoms with E-state index in [2.05, 4.69) is 6.92 Å². The first kappa shape index (κ1) is 10.7. The van der Waals surface area contributed by atoms with Crippen LogP contribution in [0.15, 0.2) is 12.1 Å². The van der Waals surface area contributed by atoms with Gasteiger partial charge >= 0.3 is 0 Å². The molecule has 0 saturated carbocycles. The molecule has 0 aliphatic carbocycles.